The van der Waals surface area contributed by atoms with Crippen molar-refractivity contribution in [1.82, 2.24) is 0 Å². The molecule has 216 valence electrons. The number of allylic oxidation sites excluding steroid dienone is 2. The standard InChI is InChI=1S/C24H30F12O/c1-13(19(3,23(31,32)33)15-5-9-17(10-6-15)21(25,26)27)37-14(2)20(4,24(34,35)36)16-7-11-18(12-8-16)22(28,29)30/h15-18H,1-2,5-12H2,3-4H3. The van der Waals surface area contributed by atoms with Crippen LogP contribution in [0.15, 0.2) is 24.7 Å². The zero-order valence-corrected chi connectivity index (χ0v) is 20.3. The van der Waals surface area contributed by atoms with Crippen molar-refractivity contribution in [1.29, 1.82) is 0 Å². The predicted octanol–water partition coefficient (Wildman–Crippen LogP) is 9.90. The largest absolute Gasteiger partial charge is 0.465 e. The molecule has 2 rings (SSSR count). The molecular weight excluding hydrogens is 532 g/mol. The van der Waals surface area contributed by atoms with Crippen LogP contribution in [0, 0.1) is 34.5 Å². The van der Waals surface area contributed by atoms with Gasteiger partial charge in [-0.15, -0.1) is 0 Å². The molecule has 0 spiro atoms. The molecule has 0 saturated heterocycles. The average molecular weight is 562 g/mol. The molecule has 0 amide bonds. The Bertz CT molecular complexity index is 753. The number of rotatable bonds is 6. The predicted molar refractivity (Wildman–Crippen MR) is 111 cm³/mol. The maximum Gasteiger partial charge on any atom is 0.401 e. The smallest absolute Gasteiger partial charge is 0.401 e. The highest BCUT2D eigenvalue weighted by molar-refractivity contribution is 5.17. The summed E-state index contributed by atoms with van der Waals surface area (Å²) < 4.78 is 168. The lowest BCUT2D eigenvalue weighted by atomic mass is 9.65. The van der Waals surface area contributed by atoms with Gasteiger partial charge >= 0.3 is 24.7 Å². The van der Waals surface area contributed by atoms with Gasteiger partial charge in [-0.25, -0.2) is 0 Å². The first-order valence-corrected chi connectivity index (χ1v) is 11.8. The van der Waals surface area contributed by atoms with Crippen LogP contribution in [-0.4, -0.2) is 24.7 Å². The number of ether oxygens (including phenoxy) is 1. The minimum absolute atomic E-state index is 0.507. The second-order valence-electron chi connectivity index (χ2n) is 10.5. The van der Waals surface area contributed by atoms with E-state index in [2.05, 4.69) is 13.2 Å². The van der Waals surface area contributed by atoms with E-state index in [1.807, 2.05) is 0 Å². The first kappa shape index (κ1) is 31.7. The third kappa shape index (κ3) is 6.20. The van der Waals surface area contributed by atoms with Crippen molar-refractivity contribution < 1.29 is 57.4 Å². The van der Waals surface area contributed by atoms with Crippen LogP contribution in [0.2, 0.25) is 0 Å². The van der Waals surface area contributed by atoms with Crippen LogP contribution in [0.1, 0.15) is 65.2 Å². The highest BCUT2D eigenvalue weighted by Gasteiger charge is 2.63. The minimum atomic E-state index is -5.13. The lowest BCUT2D eigenvalue weighted by Gasteiger charge is -2.46. The van der Waals surface area contributed by atoms with Gasteiger partial charge in [0.1, 0.15) is 22.3 Å². The van der Waals surface area contributed by atoms with Crippen molar-refractivity contribution in [2.75, 3.05) is 0 Å². The van der Waals surface area contributed by atoms with Crippen LogP contribution < -0.4 is 0 Å². The summed E-state index contributed by atoms with van der Waals surface area (Å²) >= 11 is 0. The molecule has 0 aromatic heterocycles. The van der Waals surface area contributed by atoms with Gasteiger partial charge in [-0.2, -0.15) is 52.7 Å². The zero-order chi connectivity index (χ0) is 28.8. The Morgan fingerprint density at radius 2 is 0.703 bits per heavy atom. The highest BCUT2D eigenvalue weighted by atomic mass is 19.4. The Morgan fingerprint density at radius 1 is 0.486 bits per heavy atom. The van der Waals surface area contributed by atoms with Crippen LogP contribution in [0.4, 0.5) is 52.7 Å². The summed E-state index contributed by atoms with van der Waals surface area (Å²) in [7, 11) is 0. The third-order valence-corrected chi connectivity index (χ3v) is 8.60. The quantitative estimate of drug-likeness (QED) is 0.231. The molecule has 2 aliphatic carbocycles. The van der Waals surface area contributed by atoms with Gasteiger partial charge in [0.05, 0.1) is 11.8 Å². The van der Waals surface area contributed by atoms with Crippen LogP contribution in [0.3, 0.4) is 0 Å². The average Bonchev–Trinajstić information content (AvgIpc) is 2.75. The maximum absolute atomic E-state index is 14.2. The van der Waals surface area contributed by atoms with Crippen molar-refractivity contribution in [2.45, 2.75) is 89.9 Å². The molecular formula is C24H30F12O. The molecule has 37 heavy (non-hydrogen) atoms. The molecule has 2 aliphatic rings. The van der Waals surface area contributed by atoms with Gasteiger partial charge in [-0.05, 0) is 77.0 Å². The van der Waals surface area contributed by atoms with Crippen LogP contribution in [-0.2, 0) is 4.74 Å². The van der Waals surface area contributed by atoms with Gasteiger partial charge in [0.25, 0.3) is 0 Å². The van der Waals surface area contributed by atoms with Gasteiger partial charge in [-0.1, -0.05) is 13.2 Å². The molecule has 0 heterocycles. The van der Waals surface area contributed by atoms with Gasteiger partial charge in [-0.3, -0.25) is 0 Å². The summed E-state index contributed by atoms with van der Waals surface area (Å²) in [6.45, 7) is 7.69. The van der Waals surface area contributed by atoms with E-state index >= 15 is 0 Å². The zero-order valence-electron chi connectivity index (χ0n) is 20.3. The molecule has 2 saturated carbocycles. The fourth-order valence-electron chi connectivity index (χ4n) is 5.59. The normalized spacial score (nSPS) is 29.7. The summed E-state index contributed by atoms with van der Waals surface area (Å²) in [5, 5.41) is 0. The third-order valence-electron chi connectivity index (χ3n) is 8.60. The number of halogens is 12. The van der Waals surface area contributed by atoms with Crippen molar-refractivity contribution >= 4 is 0 Å². The topological polar surface area (TPSA) is 9.23 Å². The Hall–Kier alpha value is -1.56. The van der Waals surface area contributed by atoms with E-state index in [1.165, 1.54) is 0 Å². The molecule has 0 aliphatic heterocycles. The minimum Gasteiger partial charge on any atom is -0.465 e. The van der Waals surface area contributed by atoms with E-state index in [0.29, 0.717) is 13.8 Å². The molecule has 0 N–H and O–H groups in total. The fraction of sp³-hybridized carbons (Fsp3) is 0.833. The Morgan fingerprint density at radius 3 is 0.892 bits per heavy atom. The van der Waals surface area contributed by atoms with E-state index in [9.17, 15) is 52.7 Å². The molecule has 2 unspecified atom stereocenters. The molecule has 0 aromatic rings. The van der Waals surface area contributed by atoms with E-state index in [-0.39, 0.29) is 0 Å². The molecule has 0 aromatic carbocycles. The summed E-state index contributed by atoms with van der Waals surface area (Å²) in [6.07, 6.45) is -23.8. The molecule has 0 bridgehead atoms. The highest BCUT2D eigenvalue weighted by Crippen LogP contribution is 2.59. The molecule has 1 nitrogen and oxygen atoms in total. The van der Waals surface area contributed by atoms with Crippen molar-refractivity contribution in [3.8, 4) is 0 Å². The Kier molecular flexibility index (Phi) is 8.73. The molecule has 0 radical (unpaired) electrons. The Balaban J connectivity index is 2.29. The summed E-state index contributed by atoms with van der Waals surface area (Å²) in [5.74, 6) is -8.73. The summed E-state index contributed by atoms with van der Waals surface area (Å²) in [5.41, 5.74) is -5.96. The van der Waals surface area contributed by atoms with Crippen molar-refractivity contribution in [3.05, 3.63) is 24.7 Å². The van der Waals surface area contributed by atoms with E-state index < -0.39 is 122 Å². The summed E-state index contributed by atoms with van der Waals surface area (Å²) in [6, 6.07) is 0. The second kappa shape index (κ2) is 10.2. The molecule has 13 heteroatoms. The first-order valence-electron chi connectivity index (χ1n) is 11.8. The molecule has 2 atom stereocenters. The van der Waals surface area contributed by atoms with E-state index in [0.717, 1.165) is 0 Å². The lowest BCUT2D eigenvalue weighted by Crippen LogP contribution is -2.48. The number of hydrogen-bond donors (Lipinski definition) is 0. The first-order chi connectivity index (χ1) is 16.5. The molecule has 2 fully saturated rings. The van der Waals surface area contributed by atoms with Crippen LogP contribution >= 0.6 is 0 Å². The maximum atomic E-state index is 14.2. The monoisotopic (exact) mass is 562 g/mol. The van der Waals surface area contributed by atoms with Gasteiger partial charge in [0.2, 0.25) is 0 Å². The fourth-order valence-corrected chi connectivity index (χ4v) is 5.59. The lowest BCUT2D eigenvalue weighted by molar-refractivity contribution is -0.253. The Labute approximate surface area is 207 Å². The van der Waals surface area contributed by atoms with Gasteiger partial charge < -0.3 is 4.74 Å². The van der Waals surface area contributed by atoms with Gasteiger partial charge in [0.15, 0.2) is 0 Å². The van der Waals surface area contributed by atoms with E-state index in [1.54, 1.807) is 0 Å². The van der Waals surface area contributed by atoms with Gasteiger partial charge in [0, 0.05) is 0 Å². The van der Waals surface area contributed by atoms with Crippen LogP contribution in [0.5, 0.6) is 0 Å². The van der Waals surface area contributed by atoms with Crippen LogP contribution in [0.25, 0.3) is 0 Å². The number of hydrogen-bond acceptors (Lipinski definition) is 1. The van der Waals surface area contributed by atoms with E-state index in [4.69, 9.17) is 4.74 Å². The summed E-state index contributed by atoms with van der Waals surface area (Å²) in [4.78, 5) is 0. The van der Waals surface area contributed by atoms with Crippen molar-refractivity contribution in [2.24, 2.45) is 34.5 Å². The second-order valence-corrected chi connectivity index (χ2v) is 10.5. The van der Waals surface area contributed by atoms with Crippen molar-refractivity contribution in [3.63, 3.8) is 0 Å². The SMILES string of the molecule is C=C(OC(=C)C(C)(C1CCC(C(F)(F)F)CC1)C(F)(F)F)C(C)(C1CCC(C(F)(F)F)CC1)C(F)(F)F. The number of alkyl halides is 12.